The largest absolute Gasteiger partial charge is 0.433 e. The SMILES string of the molecule is Cc1ccc(NC(=O)CSc2nc3c(c(C(F)(F)F)n2)CCC3)cc1. The summed E-state index contributed by atoms with van der Waals surface area (Å²) in [5.41, 5.74) is 1.49. The number of hydrogen-bond acceptors (Lipinski definition) is 4. The molecule has 0 bridgehead atoms. The number of aryl methyl sites for hydroxylation is 2. The van der Waals surface area contributed by atoms with Gasteiger partial charge >= 0.3 is 6.18 Å². The number of benzene rings is 1. The van der Waals surface area contributed by atoms with Crippen LogP contribution in [-0.2, 0) is 23.8 Å². The van der Waals surface area contributed by atoms with Crippen LogP contribution in [0.1, 0.15) is 28.9 Å². The fourth-order valence-electron chi connectivity index (χ4n) is 2.67. The maximum atomic E-state index is 13.2. The van der Waals surface area contributed by atoms with E-state index in [1.165, 1.54) is 0 Å². The van der Waals surface area contributed by atoms with Gasteiger partial charge < -0.3 is 5.32 Å². The van der Waals surface area contributed by atoms with Crippen LogP contribution < -0.4 is 5.32 Å². The van der Waals surface area contributed by atoms with Gasteiger partial charge in [0.2, 0.25) is 5.91 Å². The smallest absolute Gasteiger partial charge is 0.325 e. The van der Waals surface area contributed by atoms with Gasteiger partial charge in [0.1, 0.15) is 0 Å². The lowest BCUT2D eigenvalue weighted by molar-refractivity contribution is -0.142. The van der Waals surface area contributed by atoms with Crippen LogP contribution in [0.15, 0.2) is 29.4 Å². The average molecular weight is 367 g/mol. The highest BCUT2D eigenvalue weighted by atomic mass is 32.2. The molecule has 1 amide bonds. The van der Waals surface area contributed by atoms with Crippen LogP contribution in [0.3, 0.4) is 0 Å². The second kappa shape index (κ2) is 7.03. The molecule has 1 aromatic heterocycles. The number of halogens is 3. The van der Waals surface area contributed by atoms with Gasteiger partial charge in [0, 0.05) is 16.9 Å². The molecule has 1 aliphatic carbocycles. The molecule has 1 aliphatic rings. The quantitative estimate of drug-likeness (QED) is 0.655. The van der Waals surface area contributed by atoms with Crippen LogP contribution in [-0.4, -0.2) is 21.6 Å². The lowest BCUT2D eigenvalue weighted by Crippen LogP contribution is -2.16. The van der Waals surface area contributed by atoms with Crippen LogP contribution in [0.25, 0.3) is 0 Å². The van der Waals surface area contributed by atoms with Crippen LogP contribution >= 0.6 is 11.8 Å². The summed E-state index contributed by atoms with van der Waals surface area (Å²) < 4.78 is 39.5. The number of alkyl halides is 3. The monoisotopic (exact) mass is 367 g/mol. The number of hydrogen-bond donors (Lipinski definition) is 1. The Bertz CT molecular complexity index is 791. The molecule has 0 spiro atoms. The summed E-state index contributed by atoms with van der Waals surface area (Å²) in [5.74, 6) is -0.365. The molecule has 0 aliphatic heterocycles. The normalized spacial score (nSPS) is 13.6. The second-order valence-electron chi connectivity index (χ2n) is 5.83. The minimum atomic E-state index is -4.50. The van der Waals surface area contributed by atoms with Crippen molar-refractivity contribution in [2.75, 3.05) is 11.1 Å². The molecule has 0 radical (unpaired) electrons. The van der Waals surface area contributed by atoms with E-state index in [-0.39, 0.29) is 22.4 Å². The molecule has 4 nitrogen and oxygen atoms in total. The van der Waals surface area contributed by atoms with Crippen molar-refractivity contribution in [2.45, 2.75) is 37.5 Å². The second-order valence-corrected chi connectivity index (χ2v) is 6.78. The number of nitrogens with zero attached hydrogens (tertiary/aromatic N) is 2. The van der Waals surface area contributed by atoms with Crippen LogP contribution in [0.5, 0.6) is 0 Å². The number of thioether (sulfide) groups is 1. The maximum Gasteiger partial charge on any atom is 0.433 e. The van der Waals surface area contributed by atoms with Crippen LogP contribution in [0.4, 0.5) is 18.9 Å². The molecular weight excluding hydrogens is 351 g/mol. The fraction of sp³-hybridized carbons (Fsp3) is 0.353. The fourth-order valence-corrected chi connectivity index (χ4v) is 3.34. The molecule has 0 saturated carbocycles. The summed E-state index contributed by atoms with van der Waals surface area (Å²) in [6.07, 6.45) is -2.99. The Morgan fingerprint density at radius 3 is 2.60 bits per heavy atom. The van der Waals surface area contributed by atoms with Gasteiger partial charge in [-0.25, -0.2) is 9.97 Å². The van der Waals surface area contributed by atoms with E-state index in [4.69, 9.17) is 0 Å². The summed E-state index contributed by atoms with van der Waals surface area (Å²) in [4.78, 5) is 19.8. The first kappa shape index (κ1) is 17.7. The van der Waals surface area contributed by atoms with E-state index in [0.717, 1.165) is 17.3 Å². The van der Waals surface area contributed by atoms with Crippen LogP contribution in [0, 0.1) is 6.92 Å². The number of fused-ring (bicyclic) bond motifs is 1. The Kier molecular flexibility index (Phi) is 4.99. The molecule has 2 aromatic rings. The van der Waals surface area contributed by atoms with Crippen molar-refractivity contribution in [3.63, 3.8) is 0 Å². The summed E-state index contributed by atoms with van der Waals surface area (Å²) >= 11 is 0.913. The molecule has 132 valence electrons. The number of aromatic nitrogens is 2. The van der Waals surface area contributed by atoms with E-state index >= 15 is 0 Å². The maximum absolute atomic E-state index is 13.2. The topological polar surface area (TPSA) is 54.9 Å². The summed E-state index contributed by atoms with van der Waals surface area (Å²) in [6, 6.07) is 7.26. The van der Waals surface area contributed by atoms with Gasteiger partial charge in [0.15, 0.2) is 10.9 Å². The number of amides is 1. The molecule has 1 heterocycles. The molecule has 0 fully saturated rings. The number of anilines is 1. The van der Waals surface area contributed by atoms with E-state index in [1.807, 2.05) is 19.1 Å². The van der Waals surface area contributed by atoms with Gasteiger partial charge in [-0.2, -0.15) is 13.2 Å². The van der Waals surface area contributed by atoms with E-state index in [2.05, 4.69) is 15.3 Å². The number of carbonyl (C=O) groups excluding carboxylic acids is 1. The average Bonchev–Trinajstić information content (AvgIpc) is 3.01. The Balaban J connectivity index is 1.69. The molecule has 25 heavy (non-hydrogen) atoms. The van der Waals surface area contributed by atoms with Gasteiger partial charge in [0.05, 0.1) is 5.75 Å². The van der Waals surface area contributed by atoms with Crippen molar-refractivity contribution in [3.05, 3.63) is 46.8 Å². The van der Waals surface area contributed by atoms with Crippen molar-refractivity contribution in [1.29, 1.82) is 0 Å². The van der Waals surface area contributed by atoms with Crippen molar-refractivity contribution in [3.8, 4) is 0 Å². The number of nitrogens with one attached hydrogen (secondary N) is 1. The summed E-state index contributed by atoms with van der Waals surface area (Å²) in [6.45, 7) is 1.94. The number of carbonyl (C=O) groups is 1. The standard InChI is InChI=1S/C17H16F3N3OS/c1-10-5-7-11(8-6-10)21-14(24)9-25-16-22-13-4-2-3-12(13)15(23-16)17(18,19)20/h5-8H,2-4,9H2,1H3,(H,21,24). The van der Waals surface area contributed by atoms with E-state index in [1.54, 1.807) is 12.1 Å². The minimum Gasteiger partial charge on any atom is -0.325 e. The molecule has 1 aromatic carbocycles. The minimum absolute atomic E-state index is 0.00738. The predicted octanol–water partition coefficient (Wildman–Crippen LogP) is 4.02. The first-order valence-electron chi connectivity index (χ1n) is 7.79. The molecule has 3 rings (SSSR count). The lowest BCUT2D eigenvalue weighted by atomic mass is 10.2. The molecule has 8 heteroatoms. The Labute approximate surface area is 147 Å². The lowest BCUT2D eigenvalue weighted by Gasteiger charge is -2.12. The van der Waals surface area contributed by atoms with E-state index < -0.39 is 11.9 Å². The zero-order valence-corrected chi connectivity index (χ0v) is 14.3. The van der Waals surface area contributed by atoms with Gasteiger partial charge in [-0.15, -0.1) is 0 Å². The zero-order valence-electron chi connectivity index (χ0n) is 13.5. The van der Waals surface area contributed by atoms with Crippen LogP contribution in [0.2, 0.25) is 0 Å². The molecule has 0 saturated heterocycles. The predicted molar refractivity (Wildman–Crippen MR) is 89.6 cm³/mol. The highest BCUT2D eigenvalue weighted by Crippen LogP contribution is 2.36. The number of rotatable bonds is 4. The van der Waals surface area contributed by atoms with E-state index in [0.29, 0.717) is 30.6 Å². The van der Waals surface area contributed by atoms with Gasteiger partial charge in [-0.3, -0.25) is 4.79 Å². The van der Waals surface area contributed by atoms with Crippen molar-refractivity contribution < 1.29 is 18.0 Å². The van der Waals surface area contributed by atoms with Crippen molar-refractivity contribution in [2.24, 2.45) is 0 Å². The summed E-state index contributed by atoms with van der Waals surface area (Å²) in [5, 5.41) is 2.69. The molecular formula is C17H16F3N3OS. The summed E-state index contributed by atoms with van der Waals surface area (Å²) in [7, 11) is 0. The molecule has 0 unspecified atom stereocenters. The highest BCUT2D eigenvalue weighted by Gasteiger charge is 2.38. The van der Waals surface area contributed by atoms with Gasteiger partial charge in [0.25, 0.3) is 0 Å². The third-order valence-corrected chi connectivity index (χ3v) is 4.70. The Hall–Kier alpha value is -2.09. The first-order chi connectivity index (χ1) is 11.8. The first-order valence-corrected chi connectivity index (χ1v) is 8.78. The molecule has 1 N–H and O–H groups in total. The third-order valence-electron chi connectivity index (χ3n) is 3.85. The van der Waals surface area contributed by atoms with Gasteiger partial charge in [-0.1, -0.05) is 29.5 Å². The van der Waals surface area contributed by atoms with Gasteiger partial charge in [-0.05, 0) is 38.3 Å². The highest BCUT2D eigenvalue weighted by molar-refractivity contribution is 7.99. The van der Waals surface area contributed by atoms with Crippen molar-refractivity contribution in [1.82, 2.24) is 9.97 Å². The molecule has 0 atom stereocenters. The zero-order chi connectivity index (χ0) is 18.0. The Morgan fingerprint density at radius 1 is 1.20 bits per heavy atom. The Morgan fingerprint density at radius 2 is 1.92 bits per heavy atom. The van der Waals surface area contributed by atoms with Crippen molar-refractivity contribution >= 4 is 23.4 Å². The van der Waals surface area contributed by atoms with E-state index in [9.17, 15) is 18.0 Å². The third kappa shape index (κ3) is 4.31.